The van der Waals surface area contributed by atoms with Crippen molar-refractivity contribution in [1.29, 1.82) is 0 Å². The van der Waals surface area contributed by atoms with E-state index < -0.39 is 51.9 Å². The normalized spacial score (nSPS) is 23.1. The fourth-order valence-electron chi connectivity index (χ4n) is 2.57. The molecule has 1 saturated heterocycles. The molecular weight excluding hydrogens is 396 g/mol. The number of hydrogen-bond acceptors (Lipinski definition) is 9. The standard InChI is InChI=1S/C15H20N4O8S/c1-7-8(13(21)19(7)28(24,25)26)6-10(20)12(9-4-5-11(16)17-9)18-27-15(2,3)14(22)23/h4,7-8H,5-6H2,1-3H3,(H2,16,17)(H,22,23)(H,24,25,26)/b18-12-/t7-,8-/m0/s1. The number of aliphatic carboxylic acids is 1. The quantitative estimate of drug-likeness (QED) is 0.202. The molecule has 0 aromatic rings. The van der Waals surface area contributed by atoms with Crippen LogP contribution in [-0.2, 0) is 29.5 Å². The summed E-state index contributed by atoms with van der Waals surface area (Å²) in [6.45, 7) is 3.81. The maximum Gasteiger partial charge on any atom is 0.362 e. The fourth-order valence-corrected chi connectivity index (χ4v) is 3.50. The van der Waals surface area contributed by atoms with Crippen molar-refractivity contribution in [1.82, 2.24) is 4.31 Å². The van der Waals surface area contributed by atoms with Gasteiger partial charge in [0, 0.05) is 12.8 Å². The molecule has 2 aliphatic rings. The highest BCUT2D eigenvalue weighted by atomic mass is 32.2. The Morgan fingerprint density at radius 2 is 2.07 bits per heavy atom. The van der Waals surface area contributed by atoms with E-state index >= 15 is 0 Å². The van der Waals surface area contributed by atoms with Crippen molar-refractivity contribution in [2.45, 2.75) is 45.3 Å². The first-order valence-electron chi connectivity index (χ1n) is 8.12. The Morgan fingerprint density at radius 3 is 2.50 bits per heavy atom. The molecule has 0 aliphatic carbocycles. The van der Waals surface area contributed by atoms with Crippen molar-refractivity contribution >= 4 is 39.5 Å². The first kappa shape index (κ1) is 21.5. The lowest BCUT2D eigenvalue weighted by molar-refractivity contribution is -0.161. The number of nitrogens with zero attached hydrogens (tertiary/aromatic N) is 3. The maximum atomic E-state index is 12.7. The van der Waals surface area contributed by atoms with E-state index in [1.807, 2.05) is 0 Å². The number of ketones is 1. The Balaban J connectivity index is 2.24. The second-order valence-corrected chi connectivity index (χ2v) is 8.12. The first-order valence-corrected chi connectivity index (χ1v) is 9.52. The van der Waals surface area contributed by atoms with Crippen molar-refractivity contribution in [2.75, 3.05) is 0 Å². The number of nitrogens with two attached hydrogens (primary N) is 1. The van der Waals surface area contributed by atoms with Crippen LogP contribution in [-0.4, -0.2) is 63.2 Å². The largest absolute Gasteiger partial charge is 0.478 e. The number of carboxylic acids is 1. The third-order valence-electron chi connectivity index (χ3n) is 4.30. The molecule has 2 rings (SSSR count). The minimum absolute atomic E-state index is 0.0646. The molecule has 1 amide bonds. The van der Waals surface area contributed by atoms with Crippen LogP contribution in [0.25, 0.3) is 0 Å². The van der Waals surface area contributed by atoms with Gasteiger partial charge in [0.15, 0.2) is 11.5 Å². The number of aliphatic imine (C=N–C) groups is 1. The topological polar surface area (TPSA) is 189 Å². The number of rotatable bonds is 8. The number of amidine groups is 1. The molecule has 0 radical (unpaired) electrons. The number of amides is 1. The molecule has 0 bridgehead atoms. The Labute approximate surface area is 160 Å². The summed E-state index contributed by atoms with van der Waals surface area (Å²) in [5.41, 5.74) is 3.58. The van der Waals surface area contributed by atoms with Crippen molar-refractivity contribution < 1.29 is 37.3 Å². The minimum atomic E-state index is -4.71. The smallest absolute Gasteiger partial charge is 0.362 e. The zero-order valence-electron chi connectivity index (χ0n) is 15.3. The summed E-state index contributed by atoms with van der Waals surface area (Å²) in [6, 6.07) is -0.935. The molecule has 4 N–H and O–H groups in total. The molecule has 12 nitrogen and oxygen atoms in total. The van der Waals surface area contributed by atoms with Crippen molar-refractivity contribution in [2.24, 2.45) is 21.8 Å². The fraction of sp³-hybridized carbons (Fsp3) is 0.533. The van der Waals surface area contributed by atoms with Crippen LogP contribution in [0.4, 0.5) is 0 Å². The molecule has 2 heterocycles. The van der Waals surface area contributed by atoms with E-state index in [-0.39, 0.29) is 28.0 Å². The van der Waals surface area contributed by atoms with Crippen LogP contribution in [0.5, 0.6) is 0 Å². The summed E-state index contributed by atoms with van der Waals surface area (Å²) in [5, 5.41) is 12.7. The van der Waals surface area contributed by atoms with Gasteiger partial charge >= 0.3 is 16.3 Å². The third kappa shape index (κ3) is 4.20. The van der Waals surface area contributed by atoms with Gasteiger partial charge in [-0.05, 0) is 26.8 Å². The predicted octanol–water partition coefficient (Wildman–Crippen LogP) is -0.524. The van der Waals surface area contributed by atoms with Gasteiger partial charge in [-0.15, -0.1) is 0 Å². The lowest BCUT2D eigenvalue weighted by Crippen LogP contribution is -2.62. The summed E-state index contributed by atoms with van der Waals surface area (Å²) in [7, 11) is -4.71. The van der Waals surface area contributed by atoms with Crippen molar-refractivity contribution in [3.05, 3.63) is 11.8 Å². The summed E-state index contributed by atoms with van der Waals surface area (Å²) in [5.74, 6) is -3.77. The van der Waals surface area contributed by atoms with Gasteiger partial charge in [-0.2, -0.15) is 8.42 Å². The van der Waals surface area contributed by atoms with Crippen molar-refractivity contribution in [3.63, 3.8) is 0 Å². The van der Waals surface area contributed by atoms with Gasteiger partial charge in [0.2, 0.25) is 11.5 Å². The molecule has 28 heavy (non-hydrogen) atoms. The monoisotopic (exact) mass is 416 g/mol. The predicted molar refractivity (Wildman–Crippen MR) is 95.5 cm³/mol. The third-order valence-corrected chi connectivity index (χ3v) is 5.31. The lowest BCUT2D eigenvalue weighted by atomic mass is 9.86. The second kappa shape index (κ2) is 7.31. The molecule has 13 heteroatoms. The second-order valence-electron chi connectivity index (χ2n) is 6.83. The van der Waals surface area contributed by atoms with Crippen LogP contribution in [0.2, 0.25) is 0 Å². The SMILES string of the molecule is C[C@H]1[C@H](CC(=O)/C(=N\OC(C)(C)C(=O)O)C2=CCC(N)=N2)C(=O)N1S(=O)(=O)O. The van der Waals surface area contributed by atoms with Gasteiger partial charge in [0.25, 0.3) is 0 Å². The van der Waals surface area contributed by atoms with E-state index in [0.29, 0.717) is 0 Å². The van der Waals surface area contributed by atoms with E-state index in [4.69, 9.17) is 20.2 Å². The molecule has 0 aromatic carbocycles. The number of allylic oxidation sites excluding steroid dienone is 1. The number of carbonyl (C=O) groups excluding carboxylic acids is 2. The Bertz CT molecular complexity index is 918. The highest BCUT2D eigenvalue weighted by Gasteiger charge is 2.51. The van der Waals surface area contributed by atoms with Gasteiger partial charge in [-0.25, -0.2) is 14.1 Å². The maximum absolute atomic E-state index is 12.7. The summed E-state index contributed by atoms with van der Waals surface area (Å²) in [6.07, 6.45) is 1.30. The molecule has 0 aromatic heterocycles. The van der Waals surface area contributed by atoms with E-state index in [2.05, 4.69) is 10.1 Å². The van der Waals surface area contributed by atoms with Crippen LogP contribution in [0.15, 0.2) is 21.9 Å². The van der Waals surface area contributed by atoms with E-state index in [9.17, 15) is 22.8 Å². The summed E-state index contributed by atoms with van der Waals surface area (Å²) >= 11 is 0. The van der Waals surface area contributed by atoms with E-state index in [1.54, 1.807) is 0 Å². The molecule has 0 unspecified atom stereocenters. The van der Waals surface area contributed by atoms with Gasteiger partial charge in [0.1, 0.15) is 5.84 Å². The van der Waals surface area contributed by atoms with E-state index in [1.165, 1.54) is 26.8 Å². The van der Waals surface area contributed by atoms with Crippen LogP contribution in [0.1, 0.15) is 33.6 Å². The molecule has 2 atom stereocenters. The Kier molecular flexibility index (Phi) is 5.62. The lowest BCUT2D eigenvalue weighted by Gasteiger charge is -2.41. The molecule has 0 saturated carbocycles. The zero-order valence-corrected chi connectivity index (χ0v) is 16.1. The van der Waals surface area contributed by atoms with Crippen LogP contribution < -0.4 is 5.73 Å². The molecule has 2 aliphatic heterocycles. The molecule has 0 spiro atoms. The summed E-state index contributed by atoms with van der Waals surface area (Å²) < 4.78 is 31.6. The number of hydrogen-bond donors (Lipinski definition) is 3. The average Bonchev–Trinajstić information content (AvgIpc) is 2.97. The highest BCUT2D eigenvalue weighted by Crippen LogP contribution is 2.32. The molecular formula is C15H20N4O8S. The molecule has 154 valence electrons. The van der Waals surface area contributed by atoms with Crippen LogP contribution in [0.3, 0.4) is 0 Å². The Morgan fingerprint density at radius 1 is 1.46 bits per heavy atom. The van der Waals surface area contributed by atoms with Gasteiger partial charge in [-0.3, -0.25) is 14.1 Å². The van der Waals surface area contributed by atoms with Crippen LogP contribution >= 0.6 is 0 Å². The minimum Gasteiger partial charge on any atom is -0.478 e. The Hall–Kier alpha value is -2.80. The number of Topliss-reactive ketones (excluding diaryl/α,β-unsaturated/α-hetero) is 1. The van der Waals surface area contributed by atoms with Crippen LogP contribution in [0, 0.1) is 5.92 Å². The number of carbonyl (C=O) groups is 3. The number of β-lactam (4-membered cyclic amide) rings is 1. The molecule has 1 fully saturated rings. The van der Waals surface area contributed by atoms with Gasteiger partial charge < -0.3 is 15.7 Å². The number of oxime groups is 1. The average molecular weight is 416 g/mol. The van der Waals surface area contributed by atoms with Gasteiger partial charge in [-0.1, -0.05) is 5.16 Å². The zero-order chi connectivity index (χ0) is 21.4. The van der Waals surface area contributed by atoms with Crippen molar-refractivity contribution in [3.8, 4) is 0 Å². The van der Waals surface area contributed by atoms with E-state index in [0.717, 1.165) is 0 Å². The highest BCUT2D eigenvalue weighted by molar-refractivity contribution is 7.84. The van der Waals surface area contributed by atoms with Gasteiger partial charge in [0.05, 0.1) is 17.7 Å². The summed E-state index contributed by atoms with van der Waals surface area (Å²) in [4.78, 5) is 44.7. The number of carboxylic acid groups (broad SMARTS) is 1. The first-order chi connectivity index (χ1) is 12.8.